The van der Waals surface area contributed by atoms with Crippen molar-refractivity contribution in [3.05, 3.63) is 64.0 Å². The van der Waals surface area contributed by atoms with Gasteiger partial charge in [-0.05, 0) is 42.1 Å². The minimum atomic E-state index is -1.11. The average Bonchev–Trinajstić information content (AvgIpc) is 2.87. The zero-order valence-corrected chi connectivity index (χ0v) is 14.8. The van der Waals surface area contributed by atoms with Gasteiger partial charge in [0.05, 0.1) is 10.6 Å². The second-order valence-corrected chi connectivity index (χ2v) is 6.65. The van der Waals surface area contributed by atoms with Crippen LogP contribution in [0.3, 0.4) is 0 Å². The normalized spacial score (nSPS) is 15.6. The summed E-state index contributed by atoms with van der Waals surface area (Å²) in [6.07, 6.45) is 1.51. The van der Waals surface area contributed by atoms with Crippen LogP contribution in [0.15, 0.2) is 53.4 Å². The standard InChI is InChI=1S/C18H12ClNO5S/c19-12-5-3-6-13(9-12)20-17(23)15(26-18(20)24)8-11-4-1-2-7-14(11)25-10-16(21)22/h1-9H,10H2,(H,21,22)/b15-8-. The molecule has 0 spiro atoms. The fourth-order valence-corrected chi connectivity index (χ4v) is 3.33. The fraction of sp³-hybridized carbons (Fsp3) is 0.0556. The minimum Gasteiger partial charge on any atom is -0.481 e. The number of aliphatic carboxylic acids is 1. The number of imide groups is 1. The first-order valence-electron chi connectivity index (χ1n) is 7.43. The van der Waals surface area contributed by atoms with Gasteiger partial charge in [0.2, 0.25) is 0 Å². The molecule has 0 saturated carbocycles. The number of hydrogen-bond acceptors (Lipinski definition) is 5. The molecular weight excluding hydrogens is 378 g/mol. The van der Waals surface area contributed by atoms with Crippen LogP contribution >= 0.6 is 23.4 Å². The molecule has 132 valence electrons. The third-order valence-corrected chi connectivity index (χ3v) is 4.52. The summed E-state index contributed by atoms with van der Waals surface area (Å²) >= 11 is 6.72. The number of carbonyl (C=O) groups is 3. The predicted octanol–water partition coefficient (Wildman–Crippen LogP) is 4.04. The summed E-state index contributed by atoms with van der Waals surface area (Å²) in [6.45, 7) is -0.505. The number of benzene rings is 2. The number of halogens is 1. The fourth-order valence-electron chi connectivity index (χ4n) is 2.32. The lowest BCUT2D eigenvalue weighted by molar-refractivity contribution is -0.139. The monoisotopic (exact) mass is 389 g/mol. The lowest BCUT2D eigenvalue weighted by Gasteiger charge is -2.12. The van der Waals surface area contributed by atoms with Crippen molar-refractivity contribution >= 4 is 52.2 Å². The van der Waals surface area contributed by atoms with Crippen LogP contribution < -0.4 is 9.64 Å². The number of anilines is 1. The molecule has 2 aromatic rings. The highest BCUT2D eigenvalue weighted by atomic mass is 35.5. The summed E-state index contributed by atoms with van der Waals surface area (Å²) in [5.74, 6) is -1.28. The van der Waals surface area contributed by atoms with E-state index in [4.69, 9.17) is 21.4 Å². The summed E-state index contributed by atoms with van der Waals surface area (Å²) in [5, 5.41) is 8.73. The van der Waals surface area contributed by atoms with Gasteiger partial charge in [-0.1, -0.05) is 35.9 Å². The van der Waals surface area contributed by atoms with Crippen LogP contribution in [0.1, 0.15) is 5.56 Å². The first-order valence-corrected chi connectivity index (χ1v) is 8.62. The molecule has 26 heavy (non-hydrogen) atoms. The second-order valence-electron chi connectivity index (χ2n) is 5.22. The van der Waals surface area contributed by atoms with Gasteiger partial charge in [0.15, 0.2) is 6.61 Å². The molecule has 8 heteroatoms. The zero-order chi connectivity index (χ0) is 18.7. The van der Waals surface area contributed by atoms with Crippen LogP contribution in [0.25, 0.3) is 6.08 Å². The van der Waals surface area contributed by atoms with Crippen LogP contribution in [-0.4, -0.2) is 28.8 Å². The van der Waals surface area contributed by atoms with Crippen molar-refractivity contribution in [1.29, 1.82) is 0 Å². The van der Waals surface area contributed by atoms with Crippen molar-refractivity contribution in [2.75, 3.05) is 11.5 Å². The van der Waals surface area contributed by atoms with E-state index in [0.29, 0.717) is 22.0 Å². The van der Waals surface area contributed by atoms with E-state index in [2.05, 4.69) is 0 Å². The molecule has 1 N–H and O–H groups in total. The topological polar surface area (TPSA) is 83.9 Å². The number of hydrogen-bond donors (Lipinski definition) is 1. The maximum atomic E-state index is 12.6. The number of ether oxygens (including phenoxy) is 1. The molecule has 6 nitrogen and oxygen atoms in total. The van der Waals surface area contributed by atoms with E-state index in [1.54, 1.807) is 42.5 Å². The van der Waals surface area contributed by atoms with Gasteiger partial charge in [0, 0.05) is 10.6 Å². The number of rotatable bonds is 5. The summed E-state index contributed by atoms with van der Waals surface area (Å²) in [6, 6.07) is 13.1. The number of carbonyl (C=O) groups excluding carboxylic acids is 2. The second kappa shape index (κ2) is 7.63. The third-order valence-electron chi connectivity index (χ3n) is 3.42. The van der Waals surface area contributed by atoms with Crippen molar-refractivity contribution in [3.8, 4) is 5.75 Å². The Labute approximate surface area is 158 Å². The Morgan fingerprint density at radius 3 is 2.69 bits per heavy atom. The number of carboxylic acids is 1. The number of carboxylic acid groups (broad SMARTS) is 1. The molecule has 0 radical (unpaired) electrons. The maximum Gasteiger partial charge on any atom is 0.341 e. The molecule has 0 bridgehead atoms. The molecule has 1 heterocycles. The van der Waals surface area contributed by atoms with Gasteiger partial charge in [0.25, 0.3) is 11.1 Å². The lowest BCUT2D eigenvalue weighted by atomic mass is 10.2. The largest absolute Gasteiger partial charge is 0.481 e. The molecule has 1 saturated heterocycles. The molecule has 0 aliphatic carbocycles. The summed E-state index contributed by atoms with van der Waals surface area (Å²) in [4.78, 5) is 36.9. The van der Waals surface area contributed by atoms with Crippen molar-refractivity contribution in [3.63, 3.8) is 0 Å². The molecule has 2 aromatic carbocycles. The van der Waals surface area contributed by atoms with Gasteiger partial charge in [-0.3, -0.25) is 9.59 Å². The zero-order valence-electron chi connectivity index (χ0n) is 13.2. The maximum absolute atomic E-state index is 12.6. The first kappa shape index (κ1) is 18.0. The van der Waals surface area contributed by atoms with Crippen LogP contribution in [-0.2, 0) is 9.59 Å². The molecule has 2 amide bonds. The van der Waals surface area contributed by atoms with Gasteiger partial charge in [-0.25, -0.2) is 9.69 Å². The number of nitrogens with zero attached hydrogens (tertiary/aromatic N) is 1. The van der Waals surface area contributed by atoms with Gasteiger partial charge >= 0.3 is 5.97 Å². The van der Waals surface area contributed by atoms with Crippen LogP contribution in [0.5, 0.6) is 5.75 Å². The molecule has 0 atom stereocenters. The van der Waals surface area contributed by atoms with E-state index in [9.17, 15) is 14.4 Å². The van der Waals surface area contributed by atoms with Gasteiger partial charge in [-0.15, -0.1) is 0 Å². The van der Waals surface area contributed by atoms with Gasteiger partial charge < -0.3 is 9.84 Å². The smallest absolute Gasteiger partial charge is 0.341 e. The number of thioether (sulfide) groups is 1. The Morgan fingerprint density at radius 1 is 1.19 bits per heavy atom. The van der Waals surface area contributed by atoms with Crippen molar-refractivity contribution < 1.29 is 24.2 Å². The first-order chi connectivity index (χ1) is 12.5. The third kappa shape index (κ3) is 3.89. The summed E-state index contributed by atoms with van der Waals surface area (Å²) in [5.41, 5.74) is 0.893. The molecule has 1 aliphatic heterocycles. The summed E-state index contributed by atoms with van der Waals surface area (Å²) in [7, 11) is 0. The highest BCUT2D eigenvalue weighted by molar-refractivity contribution is 8.19. The molecule has 3 rings (SSSR count). The molecule has 1 fully saturated rings. The van der Waals surface area contributed by atoms with E-state index in [0.717, 1.165) is 16.7 Å². The number of para-hydroxylation sites is 1. The Morgan fingerprint density at radius 2 is 1.96 bits per heavy atom. The average molecular weight is 390 g/mol. The van der Waals surface area contributed by atoms with Crippen molar-refractivity contribution in [1.82, 2.24) is 0 Å². The number of amides is 2. The van der Waals surface area contributed by atoms with Crippen LogP contribution in [0, 0.1) is 0 Å². The van der Waals surface area contributed by atoms with Crippen LogP contribution in [0.2, 0.25) is 5.02 Å². The predicted molar refractivity (Wildman–Crippen MR) is 99.5 cm³/mol. The molecule has 0 aromatic heterocycles. The van der Waals surface area contributed by atoms with E-state index < -0.39 is 23.7 Å². The van der Waals surface area contributed by atoms with E-state index >= 15 is 0 Å². The summed E-state index contributed by atoms with van der Waals surface area (Å²) < 4.78 is 5.22. The minimum absolute atomic E-state index is 0.210. The molecule has 1 aliphatic rings. The Kier molecular flexibility index (Phi) is 5.29. The SMILES string of the molecule is O=C(O)COc1ccccc1/C=C1\SC(=O)N(c2cccc(Cl)c2)C1=O. The van der Waals surface area contributed by atoms with Gasteiger partial charge in [0.1, 0.15) is 5.75 Å². The Hall–Kier alpha value is -2.77. The van der Waals surface area contributed by atoms with Gasteiger partial charge in [-0.2, -0.15) is 0 Å². The molecular formula is C18H12ClNO5S. The van der Waals surface area contributed by atoms with Crippen LogP contribution in [0.4, 0.5) is 10.5 Å². The highest BCUT2D eigenvalue weighted by Gasteiger charge is 2.36. The Bertz CT molecular complexity index is 927. The van der Waals surface area contributed by atoms with E-state index in [1.165, 1.54) is 12.1 Å². The van der Waals surface area contributed by atoms with Crippen molar-refractivity contribution in [2.45, 2.75) is 0 Å². The van der Waals surface area contributed by atoms with E-state index in [-0.39, 0.29) is 4.91 Å². The lowest BCUT2D eigenvalue weighted by Crippen LogP contribution is -2.27. The highest BCUT2D eigenvalue weighted by Crippen LogP contribution is 2.37. The molecule has 0 unspecified atom stereocenters. The Balaban J connectivity index is 1.90. The quantitative estimate of drug-likeness (QED) is 0.777. The van der Waals surface area contributed by atoms with Crippen molar-refractivity contribution in [2.24, 2.45) is 0 Å². The van der Waals surface area contributed by atoms with E-state index in [1.807, 2.05) is 0 Å².